The number of rotatable bonds is 7. The van der Waals surface area contributed by atoms with Crippen molar-refractivity contribution in [2.45, 2.75) is 26.2 Å². The van der Waals surface area contributed by atoms with Crippen molar-refractivity contribution >= 4 is 27.3 Å². The van der Waals surface area contributed by atoms with Gasteiger partial charge in [0, 0.05) is 43.7 Å². The highest BCUT2D eigenvalue weighted by atomic mass is 32.1. The molecule has 3 heterocycles. The minimum Gasteiger partial charge on any atom is -0.360 e. The Hall–Kier alpha value is -2.74. The summed E-state index contributed by atoms with van der Waals surface area (Å²) in [5, 5.41) is 8.26. The smallest absolute Gasteiger partial charge is 0.275 e. The summed E-state index contributed by atoms with van der Waals surface area (Å²) in [7, 11) is 0. The summed E-state index contributed by atoms with van der Waals surface area (Å²) in [6, 6.07) is 11.8. The van der Waals surface area contributed by atoms with E-state index in [4.69, 9.17) is 0 Å². The first-order chi connectivity index (χ1) is 13.6. The molecule has 0 aliphatic carbocycles. The molecule has 2 aromatic heterocycles. The van der Waals surface area contributed by atoms with Crippen molar-refractivity contribution in [2.75, 3.05) is 25.0 Å². The number of aromatic nitrogens is 3. The van der Waals surface area contributed by atoms with E-state index in [0.717, 1.165) is 31.6 Å². The maximum atomic E-state index is 12.3. The zero-order valence-electron chi connectivity index (χ0n) is 15.8. The molecule has 7 nitrogen and oxygen atoms in total. The molecule has 0 spiro atoms. The van der Waals surface area contributed by atoms with E-state index in [1.54, 1.807) is 0 Å². The van der Waals surface area contributed by atoms with Gasteiger partial charge >= 0.3 is 0 Å². The number of fused-ring (bicyclic) bond motifs is 1. The van der Waals surface area contributed by atoms with Crippen LogP contribution in [0.4, 0.5) is 5.13 Å². The largest absolute Gasteiger partial charge is 0.360 e. The normalized spacial score (nSPS) is 16.8. The Kier molecular flexibility index (Phi) is 5.38. The molecule has 1 atom stereocenters. The molecule has 28 heavy (non-hydrogen) atoms. The van der Waals surface area contributed by atoms with Crippen LogP contribution >= 0.6 is 11.3 Å². The second-order valence-electron chi connectivity index (χ2n) is 7.07. The minimum absolute atomic E-state index is 0.158. The predicted molar refractivity (Wildman–Crippen MR) is 110 cm³/mol. The van der Waals surface area contributed by atoms with Gasteiger partial charge in [-0.15, -0.1) is 5.10 Å². The van der Waals surface area contributed by atoms with Crippen molar-refractivity contribution in [3.63, 3.8) is 0 Å². The molecule has 0 bridgehead atoms. The van der Waals surface area contributed by atoms with Crippen molar-refractivity contribution in [1.82, 2.24) is 19.5 Å². The van der Waals surface area contributed by atoms with Crippen LogP contribution in [-0.2, 0) is 17.6 Å². The van der Waals surface area contributed by atoms with E-state index in [1.807, 2.05) is 30.0 Å². The zero-order valence-corrected chi connectivity index (χ0v) is 16.6. The van der Waals surface area contributed by atoms with Crippen LogP contribution in [0.5, 0.6) is 0 Å². The van der Waals surface area contributed by atoms with Gasteiger partial charge in [0.25, 0.3) is 5.56 Å². The Labute approximate surface area is 167 Å². The molecule has 0 saturated carbocycles. The molecule has 1 N–H and O–H groups in total. The molecular weight excluding hydrogens is 374 g/mol. The van der Waals surface area contributed by atoms with Gasteiger partial charge in [-0.3, -0.25) is 9.59 Å². The van der Waals surface area contributed by atoms with Crippen LogP contribution < -0.4 is 10.9 Å². The molecule has 4 rings (SSSR count). The number of aryl methyl sites for hydroxylation is 1. The predicted octanol–water partition coefficient (Wildman–Crippen LogP) is 2.22. The molecule has 1 aromatic carbocycles. The summed E-state index contributed by atoms with van der Waals surface area (Å²) in [5.74, 6) is 0.448. The van der Waals surface area contributed by atoms with Gasteiger partial charge in [0.2, 0.25) is 16.0 Å². The lowest BCUT2D eigenvalue weighted by Gasteiger charge is -2.16. The SMILES string of the molecule is CCc1cc(=O)n2nc(NCC3CC(=O)N(CCc4ccccc4)C3)sc2n1. The molecular formula is C20H23N5O2S. The number of likely N-dealkylation sites (tertiary alicyclic amines) is 1. The third-order valence-corrected chi connectivity index (χ3v) is 5.88. The van der Waals surface area contributed by atoms with Crippen molar-refractivity contribution in [1.29, 1.82) is 0 Å². The number of nitrogens with one attached hydrogen (secondary N) is 1. The second kappa shape index (κ2) is 8.10. The van der Waals surface area contributed by atoms with Gasteiger partial charge in [0.15, 0.2) is 0 Å². The molecule has 1 aliphatic heterocycles. The third-order valence-electron chi connectivity index (χ3n) is 5.01. The Morgan fingerprint density at radius 1 is 1.25 bits per heavy atom. The third kappa shape index (κ3) is 4.06. The lowest BCUT2D eigenvalue weighted by molar-refractivity contribution is -0.127. The molecule has 1 fully saturated rings. The highest BCUT2D eigenvalue weighted by molar-refractivity contribution is 7.20. The van der Waals surface area contributed by atoms with E-state index in [1.165, 1.54) is 27.5 Å². The van der Waals surface area contributed by atoms with Crippen LogP contribution in [0.3, 0.4) is 0 Å². The van der Waals surface area contributed by atoms with Crippen LogP contribution in [0.15, 0.2) is 41.2 Å². The Balaban J connectivity index is 1.34. The molecule has 1 aliphatic rings. The number of anilines is 1. The standard InChI is InChI=1S/C20H23N5O2S/c1-2-16-11-18(27)25-20(22-16)28-19(23-25)21-12-15-10-17(26)24(13-15)9-8-14-6-4-3-5-7-14/h3-7,11,15H,2,8-10,12-13H2,1H3,(H,21,23). The first-order valence-corrected chi connectivity index (χ1v) is 10.4. The van der Waals surface area contributed by atoms with Crippen LogP contribution in [0, 0.1) is 5.92 Å². The fraction of sp³-hybridized carbons (Fsp3) is 0.400. The quantitative estimate of drug-likeness (QED) is 0.661. The summed E-state index contributed by atoms with van der Waals surface area (Å²) in [4.78, 5) is 31.4. The Bertz CT molecular complexity index is 1030. The van der Waals surface area contributed by atoms with Gasteiger partial charge in [0.05, 0.1) is 0 Å². The fourth-order valence-corrected chi connectivity index (χ4v) is 4.29. The average molecular weight is 398 g/mol. The minimum atomic E-state index is -0.158. The monoisotopic (exact) mass is 397 g/mol. The summed E-state index contributed by atoms with van der Waals surface area (Å²) in [6.07, 6.45) is 2.14. The number of hydrogen-bond donors (Lipinski definition) is 1. The summed E-state index contributed by atoms with van der Waals surface area (Å²) in [5.41, 5.74) is 1.86. The number of benzene rings is 1. The van der Waals surface area contributed by atoms with E-state index in [9.17, 15) is 9.59 Å². The number of carbonyl (C=O) groups is 1. The highest BCUT2D eigenvalue weighted by Gasteiger charge is 2.29. The molecule has 8 heteroatoms. The van der Waals surface area contributed by atoms with Crippen molar-refractivity contribution in [2.24, 2.45) is 5.92 Å². The van der Waals surface area contributed by atoms with Gasteiger partial charge in [-0.25, -0.2) is 4.98 Å². The topological polar surface area (TPSA) is 79.6 Å². The molecule has 1 saturated heterocycles. The van der Waals surface area contributed by atoms with E-state index < -0.39 is 0 Å². The second-order valence-corrected chi connectivity index (χ2v) is 8.02. The highest BCUT2D eigenvalue weighted by Crippen LogP contribution is 2.21. The zero-order chi connectivity index (χ0) is 19.5. The number of amides is 1. The summed E-state index contributed by atoms with van der Waals surface area (Å²) in [6.45, 7) is 4.13. The fourth-order valence-electron chi connectivity index (χ4n) is 3.46. The lowest BCUT2D eigenvalue weighted by atomic mass is 10.1. The first kappa shape index (κ1) is 18.6. The Morgan fingerprint density at radius 2 is 2.07 bits per heavy atom. The number of hydrogen-bond acceptors (Lipinski definition) is 6. The lowest BCUT2D eigenvalue weighted by Crippen LogP contribution is -2.28. The van der Waals surface area contributed by atoms with E-state index in [2.05, 4.69) is 27.5 Å². The molecule has 3 aromatic rings. The van der Waals surface area contributed by atoms with Crippen LogP contribution in [-0.4, -0.2) is 45.0 Å². The van der Waals surface area contributed by atoms with E-state index in [-0.39, 0.29) is 17.4 Å². The first-order valence-electron chi connectivity index (χ1n) is 9.57. The number of carbonyl (C=O) groups excluding carboxylic acids is 1. The van der Waals surface area contributed by atoms with Crippen molar-refractivity contribution in [3.05, 3.63) is 58.0 Å². The number of nitrogens with zero attached hydrogens (tertiary/aromatic N) is 4. The van der Waals surface area contributed by atoms with Crippen molar-refractivity contribution < 1.29 is 4.79 Å². The van der Waals surface area contributed by atoms with Gasteiger partial charge in [-0.2, -0.15) is 4.52 Å². The van der Waals surface area contributed by atoms with Gasteiger partial charge in [-0.05, 0) is 18.4 Å². The van der Waals surface area contributed by atoms with E-state index >= 15 is 0 Å². The summed E-state index contributed by atoms with van der Waals surface area (Å²) < 4.78 is 1.33. The molecule has 1 amide bonds. The maximum absolute atomic E-state index is 12.3. The van der Waals surface area contributed by atoms with E-state index in [0.29, 0.717) is 23.1 Å². The van der Waals surface area contributed by atoms with Crippen LogP contribution in [0.1, 0.15) is 24.6 Å². The maximum Gasteiger partial charge on any atom is 0.275 e. The molecule has 0 radical (unpaired) electrons. The average Bonchev–Trinajstić information content (AvgIpc) is 3.28. The van der Waals surface area contributed by atoms with Gasteiger partial charge in [-0.1, -0.05) is 48.6 Å². The van der Waals surface area contributed by atoms with Crippen molar-refractivity contribution in [3.8, 4) is 0 Å². The molecule has 146 valence electrons. The van der Waals surface area contributed by atoms with Gasteiger partial charge in [0.1, 0.15) is 0 Å². The van der Waals surface area contributed by atoms with Gasteiger partial charge < -0.3 is 10.2 Å². The Morgan fingerprint density at radius 3 is 2.86 bits per heavy atom. The summed E-state index contributed by atoms with van der Waals surface area (Å²) >= 11 is 1.36. The van der Waals surface area contributed by atoms with Crippen LogP contribution in [0.25, 0.3) is 4.96 Å². The molecule has 1 unspecified atom stereocenters. The van der Waals surface area contributed by atoms with Crippen LogP contribution in [0.2, 0.25) is 0 Å².